The summed E-state index contributed by atoms with van der Waals surface area (Å²) in [7, 11) is 0. The molecule has 2 heterocycles. The zero-order chi connectivity index (χ0) is 11.4. The molecular formula is C11H19N3O2. The van der Waals surface area contributed by atoms with E-state index in [1.165, 1.54) is 6.42 Å². The van der Waals surface area contributed by atoms with Crippen LogP contribution in [-0.4, -0.2) is 29.3 Å². The van der Waals surface area contributed by atoms with Crippen LogP contribution in [0.2, 0.25) is 0 Å². The van der Waals surface area contributed by atoms with Crippen molar-refractivity contribution >= 4 is 0 Å². The Morgan fingerprint density at radius 1 is 1.56 bits per heavy atom. The first kappa shape index (κ1) is 11.5. The SMILES string of the molecule is CC(C)c1nc(CO[C@H]2CCCNC2)no1. The van der Waals surface area contributed by atoms with Crippen molar-refractivity contribution in [2.75, 3.05) is 13.1 Å². The minimum atomic E-state index is 0.276. The van der Waals surface area contributed by atoms with Crippen molar-refractivity contribution < 1.29 is 9.26 Å². The number of rotatable bonds is 4. The molecule has 0 bridgehead atoms. The molecule has 0 aliphatic carbocycles. The van der Waals surface area contributed by atoms with Gasteiger partial charge in [-0.1, -0.05) is 19.0 Å². The number of hydrogen-bond donors (Lipinski definition) is 1. The predicted molar refractivity (Wildman–Crippen MR) is 59.1 cm³/mol. The standard InChI is InChI=1S/C11H19N3O2/c1-8(2)11-13-10(14-16-11)7-15-9-4-3-5-12-6-9/h8-9,12H,3-7H2,1-2H3/t9-/m0/s1. The summed E-state index contributed by atoms with van der Waals surface area (Å²) in [4.78, 5) is 4.27. The summed E-state index contributed by atoms with van der Waals surface area (Å²) in [6.07, 6.45) is 2.57. The van der Waals surface area contributed by atoms with Gasteiger partial charge in [-0.2, -0.15) is 4.98 Å². The largest absolute Gasteiger partial charge is 0.369 e. The third-order valence-corrected chi connectivity index (χ3v) is 2.68. The molecule has 0 radical (unpaired) electrons. The van der Waals surface area contributed by atoms with Crippen LogP contribution in [0.25, 0.3) is 0 Å². The third-order valence-electron chi connectivity index (χ3n) is 2.68. The van der Waals surface area contributed by atoms with Crippen molar-refractivity contribution in [3.63, 3.8) is 0 Å². The van der Waals surface area contributed by atoms with Gasteiger partial charge in [-0.25, -0.2) is 0 Å². The van der Waals surface area contributed by atoms with E-state index in [-0.39, 0.29) is 12.0 Å². The van der Waals surface area contributed by atoms with E-state index in [0.29, 0.717) is 18.3 Å². The van der Waals surface area contributed by atoms with Crippen molar-refractivity contribution in [1.29, 1.82) is 0 Å². The third kappa shape index (κ3) is 3.02. The summed E-state index contributed by atoms with van der Waals surface area (Å²) in [5.41, 5.74) is 0. The minimum Gasteiger partial charge on any atom is -0.369 e. The van der Waals surface area contributed by atoms with E-state index in [2.05, 4.69) is 15.5 Å². The maximum absolute atomic E-state index is 5.71. The molecule has 5 heteroatoms. The molecular weight excluding hydrogens is 206 g/mol. The van der Waals surface area contributed by atoms with E-state index < -0.39 is 0 Å². The lowest BCUT2D eigenvalue weighted by atomic mass is 10.1. The highest BCUT2D eigenvalue weighted by atomic mass is 16.5. The number of ether oxygens (including phenoxy) is 1. The summed E-state index contributed by atoms with van der Waals surface area (Å²) in [6.45, 7) is 6.53. The van der Waals surface area contributed by atoms with Gasteiger partial charge in [-0.05, 0) is 19.4 Å². The van der Waals surface area contributed by atoms with Crippen LogP contribution < -0.4 is 5.32 Å². The zero-order valence-corrected chi connectivity index (χ0v) is 9.90. The van der Waals surface area contributed by atoms with Gasteiger partial charge in [0.1, 0.15) is 6.61 Å². The highest BCUT2D eigenvalue weighted by molar-refractivity contribution is 4.89. The maximum Gasteiger partial charge on any atom is 0.229 e. The van der Waals surface area contributed by atoms with Crippen LogP contribution in [0.3, 0.4) is 0 Å². The van der Waals surface area contributed by atoms with Crippen LogP contribution in [0.5, 0.6) is 0 Å². The van der Waals surface area contributed by atoms with Gasteiger partial charge in [0.25, 0.3) is 0 Å². The molecule has 0 unspecified atom stereocenters. The predicted octanol–water partition coefficient (Wildman–Crippen LogP) is 1.46. The second-order valence-electron chi connectivity index (χ2n) is 4.48. The Morgan fingerprint density at radius 2 is 2.44 bits per heavy atom. The van der Waals surface area contributed by atoms with E-state index >= 15 is 0 Å². The zero-order valence-electron chi connectivity index (χ0n) is 9.90. The molecule has 2 rings (SSSR count). The molecule has 0 spiro atoms. The highest BCUT2D eigenvalue weighted by Gasteiger charge is 2.15. The summed E-state index contributed by atoms with van der Waals surface area (Å²) < 4.78 is 10.8. The molecule has 1 N–H and O–H groups in total. The Labute approximate surface area is 95.6 Å². The van der Waals surface area contributed by atoms with Gasteiger partial charge in [0, 0.05) is 12.5 Å². The van der Waals surface area contributed by atoms with Crippen molar-refractivity contribution in [3.8, 4) is 0 Å². The van der Waals surface area contributed by atoms with Crippen molar-refractivity contribution in [2.24, 2.45) is 0 Å². The van der Waals surface area contributed by atoms with Crippen molar-refractivity contribution in [1.82, 2.24) is 15.5 Å². The molecule has 0 aromatic carbocycles. The average Bonchev–Trinajstić information content (AvgIpc) is 2.76. The number of nitrogens with zero attached hydrogens (tertiary/aromatic N) is 2. The van der Waals surface area contributed by atoms with Crippen LogP contribution >= 0.6 is 0 Å². The monoisotopic (exact) mass is 225 g/mol. The van der Waals surface area contributed by atoms with Gasteiger partial charge < -0.3 is 14.6 Å². The van der Waals surface area contributed by atoms with E-state index in [0.717, 1.165) is 19.5 Å². The Balaban J connectivity index is 1.79. The molecule has 1 aliphatic heterocycles. The van der Waals surface area contributed by atoms with Gasteiger partial charge >= 0.3 is 0 Å². The molecule has 90 valence electrons. The molecule has 5 nitrogen and oxygen atoms in total. The van der Waals surface area contributed by atoms with E-state index in [9.17, 15) is 0 Å². The van der Waals surface area contributed by atoms with E-state index in [1.807, 2.05) is 13.8 Å². The lowest BCUT2D eigenvalue weighted by Gasteiger charge is -2.22. The molecule has 1 fully saturated rings. The number of piperidine rings is 1. The normalized spacial score (nSPS) is 21.6. The summed E-state index contributed by atoms with van der Waals surface area (Å²) >= 11 is 0. The van der Waals surface area contributed by atoms with Crippen LogP contribution in [-0.2, 0) is 11.3 Å². The summed E-state index contributed by atoms with van der Waals surface area (Å²) in [6, 6.07) is 0. The molecule has 1 saturated heterocycles. The molecule has 16 heavy (non-hydrogen) atoms. The second kappa shape index (κ2) is 5.41. The van der Waals surface area contributed by atoms with Gasteiger partial charge in [0.15, 0.2) is 5.82 Å². The molecule has 1 aliphatic rings. The summed E-state index contributed by atoms with van der Waals surface area (Å²) in [5, 5.41) is 7.20. The van der Waals surface area contributed by atoms with Gasteiger partial charge in [-0.15, -0.1) is 0 Å². The minimum absolute atomic E-state index is 0.276. The molecule has 0 saturated carbocycles. The Morgan fingerprint density at radius 3 is 3.06 bits per heavy atom. The molecule has 1 aromatic heterocycles. The molecule has 1 aromatic rings. The van der Waals surface area contributed by atoms with Crippen LogP contribution in [0.1, 0.15) is 44.3 Å². The highest BCUT2D eigenvalue weighted by Crippen LogP contribution is 2.12. The Hall–Kier alpha value is -0.940. The second-order valence-corrected chi connectivity index (χ2v) is 4.48. The van der Waals surface area contributed by atoms with Crippen molar-refractivity contribution in [3.05, 3.63) is 11.7 Å². The topological polar surface area (TPSA) is 60.2 Å². The molecule has 0 amide bonds. The first-order valence-corrected chi connectivity index (χ1v) is 5.90. The molecule has 1 atom stereocenters. The Bertz CT molecular complexity index is 319. The summed E-state index contributed by atoms with van der Waals surface area (Å²) in [5.74, 6) is 1.60. The first-order valence-electron chi connectivity index (χ1n) is 5.90. The van der Waals surface area contributed by atoms with Crippen molar-refractivity contribution in [2.45, 2.75) is 45.3 Å². The van der Waals surface area contributed by atoms with Gasteiger partial charge in [-0.3, -0.25) is 0 Å². The fraction of sp³-hybridized carbons (Fsp3) is 0.818. The number of nitrogens with one attached hydrogen (secondary N) is 1. The lowest BCUT2D eigenvalue weighted by molar-refractivity contribution is 0.0210. The van der Waals surface area contributed by atoms with Crippen LogP contribution in [0.4, 0.5) is 0 Å². The van der Waals surface area contributed by atoms with Gasteiger partial charge in [0.05, 0.1) is 6.10 Å². The van der Waals surface area contributed by atoms with Crippen LogP contribution in [0, 0.1) is 0 Å². The first-order chi connectivity index (χ1) is 7.75. The maximum atomic E-state index is 5.71. The van der Waals surface area contributed by atoms with E-state index in [1.54, 1.807) is 0 Å². The smallest absolute Gasteiger partial charge is 0.229 e. The lowest BCUT2D eigenvalue weighted by Crippen LogP contribution is -2.35. The Kier molecular flexibility index (Phi) is 3.90. The number of aromatic nitrogens is 2. The van der Waals surface area contributed by atoms with Crippen LogP contribution in [0.15, 0.2) is 4.52 Å². The number of hydrogen-bond acceptors (Lipinski definition) is 5. The van der Waals surface area contributed by atoms with Gasteiger partial charge in [0.2, 0.25) is 5.89 Å². The average molecular weight is 225 g/mol. The fourth-order valence-corrected chi connectivity index (χ4v) is 1.72. The van der Waals surface area contributed by atoms with E-state index in [4.69, 9.17) is 9.26 Å². The fourth-order valence-electron chi connectivity index (χ4n) is 1.72. The quantitative estimate of drug-likeness (QED) is 0.840.